The summed E-state index contributed by atoms with van der Waals surface area (Å²) in [5, 5.41) is 0. The molecule has 0 atom stereocenters. The molecule has 15 heavy (non-hydrogen) atoms. The van der Waals surface area contributed by atoms with E-state index in [2.05, 4.69) is 24.7 Å². The van der Waals surface area contributed by atoms with Crippen molar-refractivity contribution in [2.75, 3.05) is 7.11 Å². The van der Waals surface area contributed by atoms with Gasteiger partial charge < -0.3 is 4.74 Å². The molecule has 0 aliphatic rings. The summed E-state index contributed by atoms with van der Waals surface area (Å²) in [5.74, 6) is 0.122. The van der Waals surface area contributed by atoms with Crippen LogP contribution in [0.5, 0.6) is 0 Å². The van der Waals surface area contributed by atoms with E-state index in [1.165, 1.54) is 18.7 Å². The number of rotatable bonds is 3. The smallest absolute Gasteiger partial charge is 0.330 e. The van der Waals surface area contributed by atoms with Crippen molar-refractivity contribution in [1.82, 2.24) is 0 Å². The van der Waals surface area contributed by atoms with Crippen molar-refractivity contribution in [2.24, 2.45) is 0 Å². The van der Waals surface area contributed by atoms with E-state index in [1.54, 1.807) is 6.08 Å². The summed E-state index contributed by atoms with van der Waals surface area (Å²) in [6.45, 7) is 4.26. The van der Waals surface area contributed by atoms with Gasteiger partial charge in [0.1, 0.15) is 0 Å². The van der Waals surface area contributed by atoms with Gasteiger partial charge in [0.05, 0.1) is 7.11 Å². The second-order valence-corrected chi connectivity index (χ2v) is 3.64. The molecule has 1 rings (SSSR count). The Morgan fingerprint density at radius 2 is 2.00 bits per heavy atom. The van der Waals surface area contributed by atoms with Crippen LogP contribution in [0, 0.1) is 0 Å². The maximum Gasteiger partial charge on any atom is 0.330 e. The summed E-state index contributed by atoms with van der Waals surface area (Å²) in [6.07, 6.45) is 3.24. The highest BCUT2D eigenvalue weighted by molar-refractivity contribution is 5.87. The third kappa shape index (κ3) is 3.24. The van der Waals surface area contributed by atoms with Crippen molar-refractivity contribution in [1.29, 1.82) is 0 Å². The van der Waals surface area contributed by atoms with Gasteiger partial charge in [0, 0.05) is 6.08 Å². The van der Waals surface area contributed by atoms with Crippen LogP contribution in [-0.4, -0.2) is 13.1 Å². The number of carbonyl (C=O) groups is 1. The van der Waals surface area contributed by atoms with Crippen molar-refractivity contribution in [3.63, 3.8) is 0 Å². The van der Waals surface area contributed by atoms with Gasteiger partial charge in [-0.15, -0.1) is 0 Å². The Morgan fingerprint density at radius 1 is 1.33 bits per heavy atom. The normalized spacial score (nSPS) is 10.9. The van der Waals surface area contributed by atoms with Crippen LogP contribution in [0.3, 0.4) is 0 Å². The van der Waals surface area contributed by atoms with Crippen LogP contribution in [0.15, 0.2) is 30.3 Å². The highest BCUT2D eigenvalue weighted by Crippen LogP contribution is 2.20. The molecule has 80 valence electrons. The summed E-state index contributed by atoms with van der Waals surface area (Å²) in [7, 11) is 1.38. The zero-order chi connectivity index (χ0) is 11.3. The fraction of sp³-hybridized carbons (Fsp3) is 0.308. The minimum atomic E-state index is -0.325. The van der Waals surface area contributed by atoms with Crippen LogP contribution in [0.2, 0.25) is 0 Å². The fourth-order valence-corrected chi connectivity index (χ4v) is 1.41. The minimum Gasteiger partial charge on any atom is -0.466 e. The lowest BCUT2D eigenvalue weighted by Crippen LogP contribution is -1.95. The van der Waals surface area contributed by atoms with E-state index >= 15 is 0 Å². The molecule has 1 aromatic rings. The molecule has 0 aliphatic heterocycles. The van der Waals surface area contributed by atoms with E-state index in [4.69, 9.17) is 0 Å². The predicted molar refractivity (Wildman–Crippen MR) is 61.6 cm³/mol. The summed E-state index contributed by atoms with van der Waals surface area (Å²) in [4.78, 5) is 11.0. The molecular formula is C13H16O2. The third-order valence-electron chi connectivity index (χ3n) is 2.22. The Hall–Kier alpha value is -1.57. The molecule has 0 saturated carbocycles. The van der Waals surface area contributed by atoms with Crippen LogP contribution in [0.1, 0.15) is 30.9 Å². The Kier molecular flexibility index (Phi) is 4.10. The van der Waals surface area contributed by atoms with Crippen molar-refractivity contribution >= 4 is 12.0 Å². The lowest BCUT2D eigenvalue weighted by Gasteiger charge is -2.08. The second kappa shape index (κ2) is 5.35. The first-order valence-electron chi connectivity index (χ1n) is 5.00. The van der Waals surface area contributed by atoms with Gasteiger partial charge >= 0.3 is 5.97 Å². The number of benzene rings is 1. The van der Waals surface area contributed by atoms with Crippen LogP contribution in [0.25, 0.3) is 6.08 Å². The van der Waals surface area contributed by atoms with E-state index in [9.17, 15) is 4.79 Å². The zero-order valence-electron chi connectivity index (χ0n) is 9.36. The Balaban J connectivity index is 2.94. The molecule has 0 aliphatic carbocycles. The van der Waals surface area contributed by atoms with Gasteiger partial charge in [0.15, 0.2) is 0 Å². The minimum absolute atomic E-state index is 0.325. The van der Waals surface area contributed by atoms with Crippen molar-refractivity contribution in [2.45, 2.75) is 19.8 Å². The van der Waals surface area contributed by atoms with Crippen LogP contribution in [-0.2, 0) is 9.53 Å². The highest BCUT2D eigenvalue weighted by atomic mass is 16.5. The highest BCUT2D eigenvalue weighted by Gasteiger charge is 2.03. The largest absolute Gasteiger partial charge is 0.466 e. The lowest BCUT2D eigenvalue weighted by atomic mass is 9.97. The number of hydrogen-bond acceptors (Lipinski definition) is 2. The van der Waals surface area contributed by atoms with Crippen molar-refractivity contribution in [3.8, 4) is 0 Å². The molecule has 0 unspecified atom stereocenters. The molecule has 2 nitrogen and oxygen atoms in total. The number of hydrogen-bond donors (Lipinski definition) is 0. The second-order valence-electron chi connectivity index (χ2n) is 3.64. The molecule has 0 spiro atoms. The number of methoxy groups -OCH3 is 1. The number of carbonyl (C=O) groups excluding carboxylic acids is 1. The third-order valence-corrected chi connectivity index (χ3v) is 2.22. The quantitative estimate of drug-likeness (QED) is 0.559. The van der Waals surface area contributed by atoms with Gasteiger partial charge in [0.2, 0.25) is 0 Å². The summed E-state index contributed by atoms with van der Waals surface area (Å²) >= 11 is 0. The SMILES string of the molecule is COC(=O)/C=C/c1ccccc1C(C)C. The van der Waals surface area contributed by atoms with E-state index in [0.717, 1.165) is 5.56 Å². The van der Waals surface area contributed by atoms with Gasteiger partial charge in [-0.2, -0.15) is 0 Å². The Bertz CT molecular complexity index is 365. The van der Waals surface area contributed by atoms with Crippen LogP contribution >= 0.6 is 0 Å². The molecule has 2 heteroatoms. The molecule has 0 N–H and O–H groups in total. The monoisotopic (exact) mass is 204 g/mol. The average molecular weight is 204 g/mol. The number of esters is 1. The molecule has 1 aromatic carbocycles. The van der Waals surface area contributed by atoms with Gasteiger partial charge in [-0.05, 0) is 23.1 Å². The van der Waals surface area contributed by atoms with Crippen molar-refractivity contribution < 1.29 is 9.53 Å². The fourth-order valence-electron chi connectivity index (χ4n) is 1.41. The maximum absolute atomic E-state index is 11.0. The molecule has 0 heterocycles. The van der Waals surface area contributed by atoms with Gasteiger partial charge in [-0.1, -0.05) is 38.1 Å². The van der Waals surface area contributed by atoms with Crippen LogP contribution in [0.4, 0.5) is 0 Å². The van der Waals surface area contributed by atoms with E-state index < -0.39 is 0 Å². The molecule has 0 radical (unpaired) electrons. The summed E-state index contributed by atoms with van der Waals surface area (Å²) in [6, 6.07) is 8.03. The standard InChI is InChI=1S/C13H16O2/c1-10(2)12-7-5-4-6-11(12)8-9-13(14)15-3/h4-10H,1-3H3/b9-8+. The maximum atomic E-state index is 11.0. The first-order chi connectivity index (χ1) is 7.15. The predicted octanol–water partition coefficient (Wildman–Crippen LogP) is 3.00. The van der Waals surface area contributed by atoms with Gasteiger partial charge in [-0.25, -0.2) is 4.79 Å². The zero-order valence-corrected chi connectivity index (χ0v) is 9.36. The number of ether oxygens (including phenoxy) is 1. The lowest BCUT2D eigenvalue weighted by molar-refractivity contribution is -0.134. The molecular weight excluding hydrogens is 188 g/mol. The molecule has 0 bridgehead atoms. The van der Waals surface area contributed by atoms with E-state index in [0.29, 0.717) is 5.92 Å². The Labute approximate surface area is 90.6 Å². The van der Waals surface area contributed by atoms with Crippen LogP contribution < -0.4 is 0 Å². The van der Waals surface area contributed by atoms with Gasteiger partial charge in [0.25, 0.3) is 0 Å². The van der Waals surface area contributed by atoms with E-state index in [1.807, 2.05) is 18.2 Å². The molecule has 0 aromatic heterocycles. The topological polar surface area (TPSA) is 26.3 Å². The average Bonchev–Trinajstić information content (AvgIpc) is 2.26. The summed E-state index contributed by atoms with van der Waals surface area (Å²) < 4.78 is 4.55. The molecule has 0 saturated heterocycles. The van der Waals surface area contributed by atoms with E-state index in [-0.39, 0.29) is 5.97 Å². The molecule has 0 amide bonds. The first-order valence-corrected chi connectivity index (χ1v) is 5.00. The summed E-state index contributed by atoms with van der Waals surface area (Å²) in [5.41, 5.74) is 2.30. The molecule has 0 fully saturated rings. The Morgan fingerprint density at radius 3 is 2.60 bits per heavy atom. The van der Waals surface area contributed by atoms with Crippen molar-refractivity contribution in [3.05, 3.63) is 41.5 Å². The van der Waals surface area contributed by atoms with Gasteiger partial charge in [-0.3, -0.25) is 0 Å². The first kappa shape index (κ1) is 11.5.